The first-order chi connectivity index (χ1) is 13.5. The van der Waals surface area contributed by atoms with Crippen LogP contribution in [0.25, 0.3) is 33.6 Å². The van der Waals surface area contributed by atoms with Crippen molar-refractivity contribution in [3.8, 4) is 22.6 Å². The summed E-state index contributed by atoms with van der Waals surface area (Å²) in [5, 5.41) is 10.5. The molecular formula is C22H17NO5. The smallest absolute Gasteiger partial charge is 0.344 e. The molecule has 1 N–H and O–H groups in total. The normalized spacial score (nSPS) is 11.1. The van der Waals surface area contributed by atoms with Gasteiger partial charge in [-0.1, -0.05) is 25.1 Å². The minimum atomic E-state index is -1.19. The van der Waals surface area contributed by atoms with Gasteiger partial charge in [-0.15, -0.1) is 0 Å². The highest BCUT2D eigenvalue weighted by molar-refractivity contribution is 5.97. The van der Waals surface area contributed by atoms with E-state index < -0.39 is 11.6 Å². The quantitative estimate of drug-likeness (QED) is 0.556. The molecule has 4 aromatic rings. The number of pyridine rings is 1. The number of carboxylic acid groups (broad SMARTS) is 1. The van der Waals surface area contributed by atoms with Gasteiger partial charge in [0.15, 0.2) is 5.76 Å². The van der Waals surface area contributed by atoms with Crippen molar-refractivity contribution in [2.24, 2.45) is 0 Å². The molecule has 3 heterocycles. The van der Waals surface area contributed by atoms with E-state index in [1.165, 1.54) is 6.07 Å². The van der Waals surface area contributed by atoms with Crippen LogP contribution in [0.15, 0.2) is 62.5 Å². The third kappa shape index (κ3) is 2.79. The summed E-state index contributed by atoms with van der Waals surface area (Å²) < 4.78 is 10.9. The Labute approximate surface area is 160 Å². The van der Waals surface area contributed by atoms with Crippen molar-refractivity contribution in [1.29, 1.82) is 0 Å². The maximum Gasteiger partial charge on any atom is 0.344 e. The molecule has 0 radical (unpaired) electrons. The van der Waals surface area contributed by atoms with Crippen molar-refractivity contribution in [3.63, 3.8) is 0 Å². The van der Waals surface area contributed by atoms with Crippen LogP contribution < -0.4 is 5.63 Å². The molecular weight excluding hydrogens is 358 g/mol. The van der Waals surface area contributed by atoms with Crippen molar-refractivity contribution in [3.05, 3.63) is 76.0 Å². The van der Waals surface area contributed by atoms with Crippen LogP contribution in [0.3, 0.4) is 0 Å². The minimum Gasteiger partial charge on any atom is -0.478 e. The molecule has 0 aliphatic carbocycles. The Balaban J connectivity index is 2.04. The summed E-state index contributed by atoms with van der Waals surface area (Å²) in [4.78, 5) is 28.7. The minimum absolute atomic E-state index is 0.0316. The topological polar surface area (TPSA) is 93.5 Å². The Kier molecular flexibility index (Phi) is 4.31. The van der Waals surface area contributed by atoms with Gasteiger partial charge in [-0.3, -0.25) is 4.98 Å². The molecule has 1 aromatic carbocycles. The lowest BCUT2D eigenvalue weighted by atomic mass is 9.91. The number of furan rings is 1. The standard InChI is InChI=1S/C22H17NO5/c1-3-14-18(19-15(21(24)25)8-9-27-22(19)26)12(2)11-23-20(14)17-10-13-6-4-5-7-16(13)28-17/h4-11H,3H2,1-2H3,(H,24,25). The molecule has 0 saturated heterocycles. The SMILES string of the molecule is CCc1c(-c2cc3ccccc3o2)ncc(C)c1-c1c(C(=O)O)ccoc1=O. The Hall–Kier alpha value is -3.67. The number of carboxylic acids is 1. The van der Waals surface area contributed by atoms with Crippen LogP contribution >= 0.6 is 0 Å². The molecule has 0 saturated carbocycles. The van der Waals surface area contributed by atoms with E-state index >= 15 is 0 Å². The highest BCUT2D eigenvalue weighted by Crippen LogP contribution is 2.36. The van der Waals surface area contributed by atoms with Gasteiger partial charge in [0.05, 0.1) is 17.4 Å². The van der Waals surface area contributed by atoms with Crippen LogP contribution in [-0.4, -0.2) is 16.1 Å². The third-order valence-electron chi connectivity index (χ3n) is 4.75. The molecule has 0 amide bonds. The number of aromatic carboxylic acids is 1. The zero-order valence-electron chi connectivity index (χ0n) is 15.4. The fraction of sp³-hybridized carbons (Fsp3) is 0.136. The maximum absolute atomic E-state index is 12.5. The third-order valence-corrected chi connectivity index (χ3v) is 4.75. The van der Waals surface area contributed by atoms with E-state index in [4.69, 9.17) is 8.83 Å². The molecule has 0 aliphatic heterocycles. The van der Waals surface area contributed by atoms with Gasteiger partial charge in [0.1, 0.15) is 11.3 Å². The largest absolute Gasteiger partial charge is 0.478 e. The van der Waals surface area contributed by atoms with Gasteiger partial charge >= 0.3 is 11.6 Å². The van der Waals surface area contributed by atoms with E-state index in [9.17, 15) is 14.7 Å². The highest BCUT2D eigenvalue weighted by Gasteiger charge is 2.24. The van der Waals surface area contributed by atoms with Crippen molar-refractivity contribution in [1.82, 2.24) is 4.98 Å². The molecule has 0 fully saturated rings. The molecule has 0 bridgehead atoms. The number of hydrogen-bond donors (Lipinski definition) is 1. The van der Waals surface area contributed by atoms with Gasteiger partial charge in [-0.2, -0.15) is 0 Å². The zero-order valence-corrected chi connectivity index (χ0v) is 15.4. The lowest BCUT2D eigenvalue weighted by molar-refractivity contribution is 0.0696. The fourth-order valence-electron chi connectivity index (χ4n) is 3.49. The lowest BCUT2D eigenvalue weighted by Gasteiger charge is -2.15. The first-order valence-corrected chi connectivity index (χ1v) is 8.84. The van der Waals surface area contributed by atoms with E-state index in [2.05, 4.69) is 4.98 Å². The second-order valence-electron chi connectivity index (χ2n) is 6.45. The summed E-state index contributed by atoms with van der Waals surface area (Å²) in [6, 6.07) is 10.8. The van der Waals surface area contributed by atoms with E-state index in [1.54, 1.807) is 13.1 Å². The average molecular weight is 375 g/mol. The van der Waals surface area contributed by atoms with Crippen LogP contribution in [0.4, 0.5) is 0 Å². The van der Waals surface area contributed by atoms with Crippen LogP contribution in [0, 0.1) is 6.92 Å². The Morgan fingerprint density at radius 3 is 2.68 bits per heavy atom. The van der Waals surface area contributed by atoms with E-state index in [0.717, 1.165) is 22.8 Å². The van der Waals surface area contributed by atoms with Crippen LogP contribution in [0.1, 0.15) is 28.4 Å². The first kappa shape index (κ1) is 17.7. The number of carbonyl (C=O) groups is 1. The van der Waals surface area contributed by atoms with E-state index in [0.29, 0.717) is 29.0 Å². The summed E-state index contributed by atoms with van der Waals surface area (Å²) in [5.41, 5.74) is 2.50. The highest BCUT2D eigenvalue weighted by atomic mass is 16.4. The molecule has 0 atom stereocenters. The number of para-hydroxylation sites is 1. The molecule has 4 rings (SSSR count). The van der Waals surface area contributed by atoms with E-state index in [-0.39, 0.29) is 11.1 Å². The van der Waals surface area contributed by atoms with Gasteiger partial charge in [0.2, 0.25) is 0 Å². The molecule has 3 aromatic heterocycles. The van der Waals surface area contributed by atoms with Crippen molar-refractivity contribution < 1.29 is 18.7 Å². The second-order valence-corrected chi connectivity index (χ2v) is 6.45. The van der Waals surface area contributed by atoms with Gasteiger partial charge in [-0.05, 0) is 48.2 Å². The summed E-state index contributed by atoms with van der Waals surface area (Å²) >= 11 is 0. The predicted molar refractivity (Wildman–Crippen MR) is 104 cm³/mol. The molecule has 28 heavy (non-hydrogen) atoms. The van der Waals surface area contributed by atoms with Crippen molar-refractivity contribution >= 4 is 16.9 Å². The summed E-state index contributed by atoms with van der Waals surface area (Å²) in [6.07, 6.45) is 3.25. The maximum atomic E-state index is 12.5. The lowest BCUT2D eigenvalue weighted by Crippen LogP contribution is -2.13. The monoisotopic (exact) mass is 375 g/mol. The van der Waals surface area contributed by atoms with Gasteiger partial charge in [0.25, 0.3) is 0 Å². The van der Waals surface area contributed by atoms with Gasteiger partial charge < -0.3 is 13.9 Å². The fourth-order valence-corrected chi connectivity index (χ4v) is 3.49. The summed E-state index contributed by atoms with van der Waals surface area (Å²) in [6.45, 7) is 3.72. The zero-order chi connectivity index (χ0) is 19.8. The summed E-state index contributed by atoms with van der Waals surface area (Å²) in [5.74, 6) is -0.622. The second kappa shape index (κ2) is 6.81. The Bertz CT molecular complexity index is 1230. The first-order valence-electron chi connectivity index (χ1n) is 8.84. The van der Waals surface area contributed by atoms with Crippen LogP contribution in [0.2, 0.25) is 0 Å². The van der Waals surface area contributed by atoms with Crippen molar-refractivity contribution in [2.45, 2.75) is 20.3 Å². The molecule has 0 spiro atoms. The Morgan fingerprint density at radius 1 is 1.18 bits per heavy atom. The number of benzene rings is 1. The number of rotatable bonds is 4. The molecule has 140 valence electrons. The van der Waals surface area contributed by atoms with Gasteiger partial charge in [0, 0.05) is 11.6 Å². The number of fused-ring (bicyclic) bond motifs is 1. The van der Waals surface area contributed by atoms with Crippen molar-refractivity contribution in [2.75, 3.05) is 0 Å². The number of hydrogen-bond acceptors (Lipinski definition) is 5. The van der Waals surface area contributed by atoms with Gasteiger partial charge in [-0.25, -0.2) is 9.59 Å². The summed E-state index contributed by atoms with van der Waals surface area (Å²) in [7, 11) is 0. The molecule has 0 unspecified atom stereocenters. The molecule has 0 aliphatic rings. The number of aryl methyl sites for hydroxylation is 1. The average Bonchev–Trinajstić information content (AvgIpc) is 3.11. The van der Waals surface area contributed by atoms with Crippen LogP contribution in [-0.2, 0) is 6.42 Å². The molecule has 6 nitrogen and oxygen atoms in total. The predicted octanol–water partition coefficient (Wildman–Crippen LogP) is 4.68. The Morgan fingerprint density at radius 2 is 1.96 bits per heavy atom. The van der Waals surface area contributed by atoms with Crippen LogP contribution in [0.5, 0.6) is 0 Å². The molecule has 6 heteroatoms. The number of aromatic nitrogens is 1. The number of nitrogens with zero attached hydrogens (tertiary/aromatic N) is 1. The van der Waals surface area contributed by atoms with E-state index in [1.807, 2.05) is 37.3 Å².